The van der Waals surface area contributed by atoms with E-state index in [1.54, 1.807) is 13.8 Å². The van der Waals surface area contributed by atoms with E-state index in [1.807, 2.05) is 0 Å². The molecule has 0 bridgehead atoms. The Labute approximate surface area is 155 Å². The number of amides is 3. The highest BCUT2D eigenvalue weighted by Crippen LogP contribution is 2.20. The molecule has 0 aliphatic rings. The molecule has 1 aromatic carbocycles. The number of hydrogen-bond acceptors (Lipinski definition) is 3. The minimum Gasteiger partial charge on any atom is -0.337 e. The Balaban J connectivity index is 2.60. The molecule has 0 unspecified atom stereocenters. The molecule has 146 valence electrons. The Morgan fingerprint density at radius 1 is 1.04 bits per heavy atom. The molecule has 3 N–H and O–H groups in total. The van der Waals surface area contributed by atoms with Gasteiger partial charge in [-0.2, -0.15) is 0 Å². The summed E-state index contributed by atoms with van der Waals surface area (Å²) >= 11 is 0. The van der Waals surface area contributed by atoms with Gasteiger partial charge in [-0.1, -0.05) is 13.8 Å². The van der Waals surface area contributed by atoms with Crippen molar-refractivity contribution in [2.24, 2.45) is 5.92 Å². The lowest BCUT2D eigenvalue weighted by atomic mass is 10.2. The molecule has 0 aromatic heterocycles. The fourth-order valence-electron chi connectivity index (χ4n) is 2.56. The molecule has 0 aliphatic carbocycles. The zero-order valence-electron chi connectivity index (χ0n) is 16.5. The summed E-state index contributed by atoms with van der Waals surface area (Å²) in [7, 11) is 0. The van der Waals surface area contributed by atoms with Crippen LogP contribution in [0.3, 0.4) is 0 Å². The van der Waals surface area contributed by atoms with Gasteiger partial charge in [-0.15, -0.1) is 0 Å². The minimum atomic E-state index is -0.547. The Morgan fingerprint density at radius 2 is 1.65 bits per heavy atom. The van der Waals surface area contributed by atoms with E-state index in [4.69, 9.17) is 0 Å². The number of hydrogen-bond donors (Lipinski definition) is 3. The van der Waals surface area contributed by atoms with Crippen LogP contribution in [0.5, 0.6) is 0 Å². The number of anilines is 2. The maximum absolute atomic E-state index is 13.8. The zero-order chi connectivity index (χ0) is 19.9. The third kappa shape index (κ3) is 7.00. The molecule has 0 saturated carbocycles. The minimum absolute atomic E-state index is 0.0484. The van der Waals surface area contributed by atoms with Crippen molar-refractivity contribution >= 4 is 23.3 Å². The first-order valence-corrected chi connectivity index (χ1v) is 9.02. The largest absolute Gasteiger partial charge is 0.337 e. The Bertz CT molecular complexity index is 610. The van der Waals surface area contributed by atoms with E-state index >= 15 is 0 Å². The summed E-state index contributed by atoms with van der Waals surface area (Å²) in [4.78, 5) is 26.0. The molecule has 1 aromatic rings. The van der Waals surface area contributed by atoms with Crippen LogP contribution in [0.4, 0.5) is 20.6 Å². The van der Waals surface area contributed by atoms with Crippen molar-refractivity contribution < 1.29 is 14.0 Å². The number of carbonyl (C=O) groups excluding carboxylic acids is 2. The first kappa shape index (κ1) is 21.9. The number of benzene rings is 1. The van der Waals surface area contributed by atoms with Crippen LogP contribution in [0.2, 0.25) is 0 Å². The maximum Gasteiger partial charge on any atom is 0.319 e. The van der Waals surface area contributed by atoms with Crippen molar-refractivity contribution in [1.29, 1.82) is 0 Å². The van der Waals surface area contributed by atoms with E-state index in [2.05, 4.69) is 48.5 Å². The van der Waals surface area contributed by atoms with E-state index in [-0.39, 0.29) is 23.5 Å². The average molecular weight is 366 g/mol. The zero-order valence-corrected chi connectivity index (χ0v) is 16.5. The van der Waals surface area contributed by atoms with Gasteiger partial charge in [-0.25, -0.2) is 9.18 Å². The summed E-state index contributed by atoms with van der Waals surface area (Å²) in [5.74, 6) is -1.10. The van der Waals surface area contributed by atoms with Crippen LogP contribution in [0, 0.1) is 11.7 Å². The highest BCUT2D eigenvalue weighted by Gasteiger charge is 2.14. The van der Waals surface area contributed by atoms with Crippen molar-refractivity contribution in [1.82, 2.24) is 10.2 Å². The van der Waals surface area contributed by atoms with Crippen LogP contribution < -0.4 is 16.0 Å². The van der Waals surface area contributed by atoms with Crippen molar-refractivity contribution in [3.8, 4) is 0 Å². The second-order valence-corrected chi connectivity index (χ2v) is 7.14. The fourth-order valence-corrected chi connectivity index (χ4v) is 2.56. The molecule has 0 heterocycles. The molecular formula is C19H31FN4O2. The highest BCUT2D eigenvalue weighted by molar-refractivity contribution is 5.94. The summed E-state index contributed by atoms with van der Waals surface area (Å²) < 4.78 is 13.8. The monoisotopic (exact) mass is 366 g/mol. The third-order valence-electron chi connectivity index (χ3n) is 3.99. The van der Waals surface area contributed by atoms with Gasteiger partial charge in [-0.3, -0.25) is 9.69 Å². The van der Waals surface area contributed by atoms with Gasteiger partial charge in [0.05, 0.1) is 5.69 Å². The summed E-state index contributed by atoms with van der Waals surface area (Å²) in [6, 6.07) is 4.49. The molecule has 0 aliphatic heterocycles. The first-order chi connectivity index (χ1) is 12.1. The normalized spacial score (nSPS) is 11.3. The first-order valence-electron chi connectivity index (χ1n) is 9.02. The van der Waals surface area contributed by atoms with Crippen molar-refractivity contribution in [3.05, 3.63) is 24.0 Å². The second-order valence-electron chi connectivity index (χ2n) is 7.14. The molecule has 1 rings (SSSR count). The molecule has 0 saturated heterocycles. The van der Waals surface area contributed by atoms with E-state index in [9.17, 15) is 14.0 Å². The van der Waals surface area contributed by atoms with Crippen LogP contribution in [0.25, 0.3) is 0 Å². The van der Waals surface area contributed by atoms with Crippen molar-refractivity contribution in [2.75, 3.05) is 23.7 Å². The molecule has 0 atom stereocenters. The Morgan fingerprint density at radius 3 is 2.19 bits per heavy atom. The van der Waals surface area contributed by atoms with Gasteiger partial charge < -0.3 is 16.0 Å². The number of nitrogens with zero attached hydrogens (tertiary/aromatic N) is 1. The van der Waals surface area contributed by atoms with Gasteiger partial charge in [0.25, 0.3) is 0 Å². The van der Waals surface area contributed by atoms with E-state index in [1.165, 1.54) is 18.2 Å². The van der Waals surface area contributed by atoms with Crippen LogP contribution in [0.1, 0.15) is 41.5 Å². The molecule has 0 radical (unpaired) electrons. The van der Waals surface area contributed by atoms with Crippen LogP contribution in [0.15, 0.2) is 18.2 Å². The summed E-state index contributed by atoms with van der Waals surface area (Å²) in [6.07, 6.45) is 0. The smallest absolute Gasteiger partial charge is 0.319 e. The van der Waals surface area contributed by atoms with E-state index < -0.39 is 5.82 Å². The van der Waals surface area contributed by atoms with Gasteiger partial charge in [0.1, 0.15) is 5.82 Å². The molecule has 3 amide bonds. The number of urea groups is 1. The van der Waals surface area contributed by atoms with Gasteiger partial charge in [0.15, 0.2) is 0 Å². The van der Waals surface area contributed by atoms with E-state index in [0.717, 1.165) is 6.54 Å². The van der Waals surface area contributed by atoms with Crippen molar-refractivity contribution in [2.45, 2.75) is 53.6 Å². The summed E-state index contributed by atoms with van der Waals surface area (Å²) in [5, 5.41) is 7.96. The van der Waals surface area contributed by atoms with Crippen LogP contribution >= 0.6 is 0 Å². The molecule has 0 fully saturated rings. The summed E-state index contributed by atoms with van der Waals surface area (Å²) in [6.45, 7) is 13.2. The highest BCUT2D eigenvalue weighted by atomic mass is 19.1. The lowest BCUT2D eigenvalue weighted by molar-refractivity contribution is -0.118. The SMILES string of the molecule is CC(C)C(=O)Nc1cc(NC(=O)NCCN(C(C)C)C(C)C)ccc1F. The predicted molar refractivity (Wildman–Crippen MR) is 104 cm³/mol. The molecule has 7 heteroatoms. The van der Waals surface area contributed by atoms with Crippen LogP contribution in [-0.2, 0) is 4.79 Å². The standard InChI is InChI=1S/C19H31FN4O2/c1-12(2)18(25)23-17-11-15(7-8-16(17)20)22-19(26)21-9-10-24(13(3)4)14(5)6/h7-8,11-14H,9-10H2,1-6H3,(H,23,25)(H2,21,22,26). The quantitative estimate of drug-likeness (QED) is 0.657. The topological polar surface area (TPSA) is 73.5 Å². The maximum atomic E-state index is 13.8. The number of carbonyl (C=O) groups is 2. The van der Waals surface area contributed by atoms with Crippen LogP contribution in [-0.4, -0.2) is 42.0 Å². The Kier molecular flexibility index (Phi) is 8.51. The van der Waals surface area contributed by atoms with Gasteiger partial charge in [0.2, 0.25) is 5.91 Å². The lowest BCUT2D eigenvalue weighted by Crippen LogP contribution is -2.43. The summed E-state index contributed by atoms with van der Waals surface area (Å²) in [5.41, 5.74) is 0.458. The van der Waals surface area contributed by atoms with Gasteiger partial charge >= 0.3 is 6.03 Å². The number of halogens is 1. The fraction of sp³-hybridized carbons (Fsp3) is 0.579. The molecular weight excluding hydrogens is 335 g/mol. The van der Waals surface area contributed by atoms with Gasteiger partial charge in [-0.05, 0) is 45.9 Å². The van der Waals surface area contributed by atoms with Crippen molar-refractivity contribution in [3.63, 3.8) is 0 Å². The van der Waals surface area contributed by atoms with E-state index in [0.29, 0.717) is 24.3 Å². The average Bonchev–Trinajstić information content (AvgIpc) is 2.53. The molecule has 6 nitrogen and oxygen atoms in total. The molecule has 26 heavy (non-hydrogen) atoms. The lowest BCUT2D eigenvalue weighted by Gasteiger charge is -2.30. The number of nitrogens with one attached hydrogen (secondary N) is 3. The third-order valence-corrected chi connectivity index (χ3v) is 3.99. The predicted octanol–water partition coefficient (Wildman–Crippen LogP) is 3.66. The Hall–Kier alpha value is -2.15. The number of rotatable bonds is 8. The molecule has 0 spiro atoms. The second kappa shape index (κ2) is 10.1. The van der Waals surface area contributed by atoms with Gasteiger partial charge in [0, 0.05) is 36.8 Å².